The first-order valence-electron chi connectivity index (χ1n) is 12.2. The number of ketones is 1. The van der Waals surface area contributed by atoms with Crippen LogP contribution in [0.1, 0.15) is 54.4 Å². The van der Waals surface area contributed by atoms with Crippen LogP contribution in [0.5, 0.6) is 0 Å². The molecule has 0 unspecified atom stereocenters. The van der Waals surface area contributed by atoms with Crippen LogP contribution in [0.15, 0.2) is 11.6 Å². The lowest BCUT2D eigenvalue weighted by Crippen LogP contribution is -2.59. The van der Waals surface area contributed by atoms with Crippen molar-refractivity contribution in [1.29, 1.82) is 0 Å². The Morgan fingerprint density at radius 1 is 0.906 bits per heavy atom. The van der Waals surface area contributed by atoms with Crippen molar-refractivity contribution in [1.82, 2.24) is 0 Å². The van der Waals surface area contributed by atoms with E-state index in [1.54, 1.807) is 0 Å². The van der Waals surface area contributed by atoms with Gasteiger partial charge in [0.25, 0.3) is 0 Å². The van der Waals surface area contributed by atoms with Crippen LogP contribution in [0.4, 0.5) is 0 Å². The van der Waals surface area contributed by atoms with Gasteiger partial charge in [-0.1, -0.05) is 0 Å². The number of hydrogen-bond donors (Lipinski definition) is 0. The SMILES string of the molecule is CC1(C)O[C@@H]2C[C@]34[C@@H]5C6(C[C@H]3[C@](C)(O[C@H]4[C@@H]3O[C@]53C)C3=CC(=O)C(C)(C)[C@]32O1)OCCO6. The number of rotatable bonds is 0. The number of hydrogen-bond acceptors (Lipinski definition) is 7. The maximum Gasteiger partial charge on any atom is 0.175 e. The highest BCUT2D eigenvalue weighted by Crippen LogP contribution is 2.83. The number of allylic oxidation sites excluding steroid dienone is 1. The summed E-state index contributed by atoms with van der Waals surface area (Å²) in [6, 6.07) is 0. The molecule has 8 aliphatic rings. The van der Waals surface area contributed by atoms with Gasteiger partial charge in [0.05, 0.1) is 42.4 Å². The second-order valence-corrected chi connectivity index (χ2v) is 12.8. The van der Waals surface area contributed by atoms with E-state index in [9.17, 15) is 4.79 Å². The van der Waals surface area contributed by atoms with Gasteiger partial charge in [-0.15, -0.1) is 0 Å². The molecule has 2 bridgehead atoms. The molecule has 0 aromatic heterocycles. The molecule has 174 valence electrons. The van der Waals surface area contributed by atoms with E-state index in [1.807, 2.05) is 33.8 Å². The van der Waals surface area contributed by atoms with Crippen molar-refractivity contribution < 1.29 is 33.2 Å². The Kier molecular flexibility index (Phi) is 2.92. The Labute approximate surface area is 188 Å². The fourth-order valence-electron chi connectivity index (χ4n) is 9.88. The second-order valence-electron chi connectivity index (χ2n) is 12.8. The lowest BCUT2D eigenvalue weighted by atomic mass is 9.65. The third-order valence-corrected chi connectivity index (χ3v) is 10.8. The minimum atomic E-state index is -0.837. The number of ether oxygens (including phenoxy) is 6. The smallest absolute Gasteiger partial charge is 0.175 e. The zero-order valence-electron chi connectivity index (χ0n) is 19.7. The van der Waals surface area contributed by atoms with Gasteiger partial charge < -0.3 is 28.4 Å². The summed E-state index contributed by atoms with van der Waals surface area (Å²) in [5.74, 6) is -1.15. The van der Waals surface area contributed by atoms with Crippen molar-refractivity contribution in [3.8, 4) is 0 Å². The van der Waals surface area contributed by atoms with Crippen LogP contribution in [-0.4, -0.2) is 65.7 Å². The minimum Gasteiger partial charge on any atom is -0.364 e. The molecular formula is C25H32O7. The maximum atomic E-state index is 13.4. The van der Waals surface area contributed by atoms with Crippen molar-refractivity contribution in [2.75, 3.05) is 13.2 Å². The van der Waals surface area contributed by atoms with Gasteiger partial charge >= 0.3 is 0 Å². The standard InChI is InChI=1S/C25H32O7/c1-19(2)14(26)9-12-21(5)13-10-24(27-7-8-28-24)18-22(6)16(30-22)17(31-21)23(13,18)11-15-25(12,19)32-20(3,4)29-15/h9,13,15-18H,7-8,10-11H2,1-6H3/t13-,15+,16-,17-,18+,21+,22-,23-,25-/m0/s1. The molecule has 7 nitrogen and oxygen atoms in total. The molecule has 4 aliphatic carbocycles. The lowest BCUT2D eigenvalue weighted by Gasteiger charge is -2.48. The van der Waals surface area contributed by atoms with Gasteiger partial charge in [0.1, 0.15) is 17.3 Å². The van der Waals surface area contributed by atoms with Gasteiger partial charge in [0.2, 0.25) is 0 Å². The van der Waals surface area contributed by atoms with E-state index in [4.69, 9.17) is 28.4 Å². The first-order valence-corrected chi connectivity index (χ1v) is 12.2. The van der Waals surface area contributed by atoms with Gasteiger partial charge in [0.15, 0.2) is 17.4 Å². The molecule has 0 N–H and O–H groups in total. The van der Waals surface area contributed by atoms with Crippen molar-refractivity contribution >= 4 is 5.78 Å². The van der Waals surface area contributed by atoms with Crippen molar-refractivity contribution in [3.63, 3.8) is 0 Å². The highest BCUT2D eigenvalue weighted by atomic mass is 16.8. The second kappa shape index (κ2) is 4.79. The molecule has 4 aliphatic heterocycles. The molecule has 3 saturated carbocycles. The third kappa shape index (κ3) is 1.60. The van der Waals surface area contributed by atoms with Crippen molar-refractivity contribution in [2.45, 2.75) is 101 Å². The van der Waals surface area contributed by atoms with E-state index in [0.717, 1.165) is 18.4 Å². The Bertz CT molecular complexity index is 1030. The van der Waals surface area contributed by atoms with Crippen LogP contribution in [-0.2, 0) is 33.2 Å². The van der Waals surface area contributed by atoms with Crippen LogP contribution in [0, 0.1) is 22.7 Å². The highest BCUT2D eigenvalue weighted by Gasteiger charge is 2.93. The molecule has 7 fully saturated rings. The average Bonchev–Trinajstić information content (AvgIpc) is 3.13. The quantitative estimate of drug-likeness (QED) is 0.532. The average molecular weight is 445 g/mol. The number of carbonyl (C=O) groups is 1. The van der Waals surface area contributed by atoms with E-state index in [-0.39, 0.29) is 46.9 Å². The Morgan fingerprint density at radius 3 is 2.34 bits per heavy atom. The molecule has 8 rings (SSSR count). The predicted molar refractivity (Wildman–Crippen MR) is 109 cm³/mol. The molecular weight excluding hydrogens is 412 g/mol. The topological polar surface area (TPSA) is 75.8 Å². The summed E-state index contributed by atoms with van der Waals surface area (Å²) in [5.41, 5.74) is -1.81. The summed E-state index contributed by atoms with van der Waals surface area (Å²) in [6.45, 7) is 13.5. The fraction of sp³-hybridized carbons (Fsp3) is 0.880. The summed E-state index contributed by atoms with van der Waals surface area (Å²) in [4.78, 5) is 13.4. The number of carbonyl (C=O) groups excluding carboxylic acids is 1. The summed E-state index contributed by atoms with van der Waals surface area (Å²) in [7, 11) is 0. The van der Waals surface area contributed by atoms with Gasteiger partial charge in [-0.25, -0.2) is 0 Å². The van der Waals surface area contributed by atoms with Crippen LogP contribution in [0.2, 0.25) is 0 Å². The number of fused-ring (bicyclic) bond motifs is 5. The Balaban J connectivity index is 1.41. The van der Waals surface area contributed by atoms with Crippen LogP contribution < -0.4 is 0 Å². The van der Waals surface area contributed by atoms with E-state index >= 15 is 0 Å². The minimum absolute atomic E-state index is 0.0235. The largest absolute Gasteiger partial charge is 0.364 e. The highest BCUT2D eigenvalue weighted by molar-refractivity contribution is 6.01. The zero-order chi connectivity index (χ0) is 22.3. The van der Waals surface area contributed by atoms with Crippen molar-refractivity contribution in [3.05, 3.63) is 11.6 Å². The fourth-order valence-corrected chi connectivity index (χ4v) is 9.88. The van der Waals surface area contributed by atoms with E-state index in [0.29, 0.717) is 13.2 Å². The van der Waals surface area contributed by atoms with Crippen LogP contribution in [0.3, 0.4) is 0 Å². The molecule has 32 heavy (non-hydrogen) atoms. The lowest BCUT2D eigenvalue weighted by molar-refractivity contribution is -0.225. The van der Waals surface area contributed by atoms with Gasteiger partial charge in [-0.05, 0) is 54.0 Å². The molecule has 7 heteroatoms. The van der Waals surface area contributed by atoms with Crippen LogP contribution in [0.25, 0.3) is 0 Å². The first-order chi connectivity index (χ1) is 14.9. The van der Waals surface area contributed by atoms with E-state index < -0.39 is 28.2 Å². The maximum absolute atomic E-state index is 13.4. The summed E-state index contributed by atoms with van der Waals surface area (Å²) < 4.78 is 39.7. The Hall–Kier alpha value is -0.830. The summed E-state index contributed by atoms with van der Waals surface area (Å²) in [6.07, 6.45) is 3.03. The van der Waals surface area contributed by atoms with E-state index in [2.05, 4.69) is 13.8 Å². The molecule has 0 aromatic rings. The van der Waals surface area contributed by atoms with Crippen LogP contribution >= 0.6 is 0 Å². The molecule has 4 heterocycles. The number of epoxide rings is 1. The summed E-state index contributed by atoms with van der Waals surface area (Å²) in [5, 5.41) is 0. The molecule has 0 amide bonds. The third-order valence-electron chi connectivity index (χ3n) is 10.8. The molecule has 4 saturated heterocycles. The first kappa shape index (κ1) is 19.5. The summed E-state index contributed by atoms with van der Waals surface area (Å²) >= 11 is 0. The van der Waals surface area contributed by atoms with Gasteiger partial charge in [0, 0.05) is 23.3 Å². The Morgan fingerprint density at radius 2 is 1.62 bits per heavy atom. The van der Waals surface area contributed by atoms with Gasteiger partial charge in [-0.3, -0.25) is 4.79 Å². The van der Waals surface area contributed by atoms with Crippen molar-refractivity contribution in [2.24, 2.45) is 22.7 Å². The monoisotopic (exact) mass is 444 g/mol. The molecule has 0 radical (unpaired) electrons. The van der Waals surface area contributed by atoms with Gasteiger partial charge in [-0.2, -0.15) is 0 Å². The zero-order valence-corrected chi connectivity index (χ0v) is 19.7. The predicted octanol–water partition coefficient (Wildman–Crippen LogP) is 2.51. The molecule has 9 atom stereocenters. The van der Waals surface area contributed by atoms with E-state index in [1.165, 1.54) is 0 Å². The molecule has 3 spiro atoms. The molecule has 0 aromatic carbocycles. The normalized spacial score (nSPS) is 60.8.